The van der Waals surface area contributed by atoms with E-state index in [1.807, 2.05) is 14.0 Å². The minimum absolute atomic E-state index is 0.329. The average Bonchev–Trinajstić information content (AvgIpc) is 3.28. The van der Waals surface area contributed by atoms with E-state index in [0.717, 1.165) is 35.6 Å². The van der Waals surface area contributed by atoms with E-state index >= 15 is 0 Å². The zero-order valence-corrected chi connectivity index (χ0v) is 15.3. The number of aromatic nitrogens is 4. The molecule has 2 aromatic rings. The lowest BCUT2D eigenvalue weighted by Gasteiger charge is -2.26. The third kappa shape index (κ3) is 2.85. The number of likely N-dealkylation sites (tertiary alicyclic amines) is 1. The Hall–Kier alpha value is -2.18. The monoisotopic (exact) mass is 342 g/mol. The number of hydrogen-bond acceptors (Lipinski definition) is 5. The van der Waals surface area contributed by atoms with E-state index in [1.165, 1.54) is 25.7 Å². The Morgan fingerprint density at radius 3 is 2.80 bits per heavy atom. The number of fused-ring (bicyclic) bond motifs is 1. The maximum Gasteiger partial charge on any atom is 0.223 e. The highest BCUT2D eigenvalue weighted by Crippen LogP contribution is 2.31. The first kappa shape index (κ1) is 16.3. The van der Waals surface area contributed by atoms with E-state index in [-0.39, 0.29) is 0 Å². The fourth-order valence-electron chi connectivity index (χ4n) is 4.52. The summed E-state index contributed by atoms with van der Waals surface area (Å²) in [5.41, 5.74) is 1.79. The summed E-state index contributed by atoms with van der Waals surface area (Å²) >= 11 is 0. The Kier molecular flexibility index (Phi) is 4.09. The van der Waals surface area contributed by atoms with Gasteiger partial charge >= 0.3 is 0 Å². The number of aryl methyl sites for hydroxylation is 2. The van der Waals surface area contributed by atoms with Gasteiger partial charge in [0.05, 0.1) is 11.1 Å². The van der Waals surface area contributed by atoms with Gasteiger partial charge in [0, 0.05) is 45.6 Å². The molecule has 0 aromatic carbocycles. The second kappa shape index (κ2) is 6.28. The number of nitrogens with zero attached hydrogens (tertiary/aromatic N) is 6. The molecule has 1 aliphatic heterocycles. The molecule has 7 heteroatoms. The van der Waals surface area contributed by atoms with E-state index in [9.17, 15) is 4.79 Å². The summed E-state index contributed by atoms with van der Waals surface area (Å²) in [5.74, 6) is 1.60. The number of rotatable bonds is 4. The average molecular weight is 342 g/mol. The summed E-state index contributed by atoms with van der Waals surface area (Å²) in [4.78, 5) is 25.6. The van der Waals surface area contributed by atoms with E-state index in [4.69, 9.17) is 0 Å². The van der Waals surface area contributed by atoms with Crippen molar-refractivity contribution in [2.24, 2.45) is 13.0 Å². The Morgan fingerprint density at radius 1 is 1.28 bits per heavy atom. The number of anilines is 1. The molecule has 1 atom stereocenters. The van der Waals surface area contributed by atoms with Crippen LogP contribution < -0.4 is 4.90 Å². The third-order valence-corrected chi connectivity index (χ3v) is 5.67. The Morgan fingerprint density at radius 2 is 2.04 bits per heavy atom. The van der Waals surface area contributed by atoms with Crippen LogP contribution in [0.25, 0.3) is 11.0 Å². The molecule has 0 unspecified atom stereocenters. The first-order valence-corrected chi connectivity index (χ1v) is 9.19. The molecule has 25 heavy (non-hydrogen) atoms. The van der Waals surface area contributed by atoms with Crippen molar-refractivity contribution >= 4 is 22.8 Å². The standard InChI is InChI=1S/C18H26N6O/c1-12-16-17(19-11-20-18(16)23(3)21-12)22(2)9-13-8-15(25)24(10-13)14-6-4-5-7-14/h11,13-14H,4-10H2,1-3H3/t13-/m0/s1. The molecule has 0 radical (unpaired) electrons. The van der Waals surface area contributed by atoms with Gasteiger partial charge in [-0.1, -0.05) is 12.8 Å². The van der Waals surface area contributed by atoms with Crippen LogP contribution in [0.4, 0.5) is 5.82 Å². The van der Waals surface area contributed by atoms with Gasteiger partial charge in [0.2, 0.25) is 5.91 Å². The van der Waals surface area contributed by atoms with Crippen molar-refractivity contribution in [1.82, 2.24) is 24.6 Å². The van der Waals surface area contributed by atoms with Gasteiger partial charge in [0.1, 0.15) is 12.1 Å². The molecule has 2 fully saturated rings. The summed E-state index contributed by atoms with van der Waals surface area (Å²) in [6.45, 7) is 3.70. The first-order chi connectivity index (χ1) is 12.0. The molecule has 7 nitrogen and oxygen atoms in total. The predicted octanol–water partition coefficient (Wildman–Crippen LogP) is 1.90. The summed E-state index contributed by atoms with van der Waals surface area (Å²) in [5, 5.41) is 5.47. The second-order valence-corrected chi connectivity index (χ2v) is 7.54. The fourth-order valence-corrected chi connectivity index (χ4v) is 4.52. The lowest BCUT2D eigenvalue weighted by molar-refractivity contribution is -0.129. The van der Waals surface area contributed by atoms with Gasteiger partial charge in [0.15, 0.2) is 5.65 Å². The van der Waals surface area contributed by atoms with Crippen molar-refractivity contribution in [3.05, 3.63) is 12.0 Å². The maximum absolute atomic E-state index is 12.4. The van der Waals surface area contributed by atoms with Crippen molar-refractivity contribution in [1.29, 1.82) is 0 Å². The normalized spacial score (nSPS) is 21.6. The van der Waals surface area contributed by atoms with Crippen LogP contribution in [-0.2, 0) is 11.8 Å². The van der Waals surface area contributed by atoms with E-state index in [1.54, 1.807) is 11.0 Å². The maximum atomic E-state index is 12.4. The van der Waals surface area contributed by atoms with Crippen molar-refractivity contribution in [3.8, 4) is 0 Å². The molecule has 1 aliphatic carbocycles. The first-order valence-electron chi connectivity index (χ1n) is 9.19. The highest BCUT2D eigenvalue weighted by molar-refractivity contribution is 5.89. The molecule has 2 aromatic heterocycles. The van der Waals surface area contributed by atoms with Gasteiger partial charge in [-0.15, -0.1) is 0 Å². The van der Waals surface area contributed by atoms with Crippen molar-refractivity contribution < 1.29 is 4.79 Å². The zero-order chi connectivity index (χ0) is 17.6. The van der Waals surface area contributed by atoms with Crippen molar-refractivity contribution in [3.63, 3.8) is 0 Å². The molecule has 0 spiro atoms. The molecule has 0 bridgehead atoms. The van der Waals surface area contributed by atoms with Crippen LogP contribution in [0.3, 0.4) is 0 Å². The summed E-state index contributed by atoms with van der Waals surface area (Å²) in [6.07, 6.45) is 7.13. The summed E-state index contributed by atoms with van der Waals surface area (Å²) in [7, 11) is 3.96. The van der Waals surface area contributed by atoms with Crippen LogP contribution in [0, 0.1) is 12.8 Å². The molecule has 4 rings (SSSR count). The second-order valence-electron chi connectivity index (χ2n) is 7.54. The van der Waals surface area contributed by atoms with Crippen LogP contribution in [0.15, 0.2) is 6.33 Å². The van der Waals surface area contributed by atoms with Gasteiger partial charge in [-0.05, 0) is 19.8 Å². The molecular weight excluding hydrogens is 316 g/mol. The third-order valence-electron chi connectivity index (χ3n) is 5.67. The Labute approximate surface area is 148 Å². The minimum atomic E-state index is 0.329. The quantitative estimate of drug-likeness (QED) is 0.849. The number of amides is 1. The largest absolute Gasteiger partial charge is 0.359 e. The summed E-state index contributed by atoms with van der Waals surface area (Å²) in [6, 6.07) is 0.481. The predicted molar refractivity (Wildman–Crippen MR) is 96.4 cm³/mol. The van der Waals surface area contributed by atoms with Crippen LogP contribution in [-0.4, -0.2) is 56.7 Å². The fraction of sp³-hybridized carbons (Fsp3) is 0.667. The lowest BCUT2D eigenvalue weighted by Crippen LogP contribution is -2.35. The van der Waals surface area contributed by atoms with Crippen LogP contribution >= 0.6 is 0 Å². The number of hydrogen-bond donors (Lipinski definition) is 0. The SMILES string of the molecule is Cc1nn(C)c2ncnc(N(C)C[C@@H]3CC(=O)N(C4CCCC4)C3)c12. The van der Waals surface area contributed by atoms with Crippen LogP contribution in [0.2, 0.25) is 0 Å². The highest BCUT2D eigenvalue weighted by Gasteiger charge is 2.36. The molecule has 0 N–H and O–H groups in total. The van der Waals surface area contributed by atoms with Crippen molar-refractivity contribution in [2.45, 2.75) is 45.1 Å². The van der Waals surface area contributed by atoms with Gasteiger partial charge in [-0.2, -0.15) is 5.10 Å². The van der Waals surface area contributed by atoms with Crippen molar-refractivity contribution in [2.75, 3.05) is 25.0 Å². The molecule has 1 amide bonds. The molecule has 2 aliphatic rings. The molecule has 1 saturated carbocycles. The van der Waals surface area contributed by atoms with Gasteiger partial charge < -0.3 is 9.80 Å². The number of carbonyl (C=O) groups is 1. The molecule has 134 valence electrons. The lowest BCUT2D eigenvalue weighted by atomic mass is 10.1. The topological polar surface area (TPSA) is 67.2 Å². The smallest absolute Gasteiger partial charge is 0.223 e. The zero-order valence-electron chi connectivity index (χ0n) is 15.3. The van der Waals surface area contributed by atoms with E-state index in [0.29, 0.717) is 24.3 Å². The minimum Gasteiger partial charge on any atom is -0.359 e. The van der Waals surface area contributed by atoms with Crippen LogP contribution in [0.1, 0.15) is 37.8 Å². The highest BCUT2D eigenvalue weighted by atomic mass is 16.2. The van der Waals surface area contributed by atoms with E-state index < -0.39 is 0 Å². The summed E-state index contributed by atoms with van der Waals surface area (Å²) < 4.78 is 1.80. The van der Waals surface area contributed by atoms with Gasteiger partial charge in [-0.25, -0.2) is 9.97 Å². The van der Waals surface area contributed by atoms with Crippen LogP contribution in [0.5, 0.6) is 0 Å². The van der Waals surface area contributed by atoms with E-state index in [2.05, 4.69) is 31.9 Å². The Balaban J connectivity index is 1.51. The molecule has 3 heterocycles. The Bertz CT molecular complexity index is 794. The van der Waals surface area contributed by atoms with Gasteiger partial charge in [-0.3, -0.25) is 9.48 Å². The number of carbonyl (C=O) groups excluding carboxylic acids is 1. The molecular formula is C18H26N6O. The molecule has 1 saturated heterocycles. The van der Waals surface area contributed by atoms with Gasteiger partial charge in [0.25, 0.3) is 0 Å².